The van der Waals surface area contributed by atoms with Crippen molar-refractivity contribution in [1.82, 2.24) is 4.90 Å². The predicted octanol–water partition coefficient (Wildman–Crippen LogP) is 1.54. The van der Waals surface area contributed by atoms with Crippen LogP contribution in [0.1, 0.15) is 16.8 Å². The van der Waals surface area contributed by atoms with Gasteiger partial charge in [0.15, 0.2) is 0 Å². The van der Waals surface area contributed by atoms with Crippen LogP contribution in [0, 0.1) is 0 Å². The number of hydrogen-bond donors (Lipinski definition) is 0. The molecular formula is C11H13NO2. The van der Waals surface area contributed by atoms with Gasteiger partial charge in [-0.25, -0.2) is 0 Å². The molecule has 1 saturated heterocycles. The molecule has 0 aliphatic carbocycles. The first-order valence-corrected chi connectivity index (χ1v) is 4.74. The van der Waals surface area contributed by atoms with Crippen LogP contribution in [0.3, 0.4) is 0 Å². The zero-order valence-electron chi connectivity index (χ0n) is 8.19. The van der Waals surface area contributed by atoms with Crippen LogP contribution in [0.15, 0.2) is 24.3 Å². The van der Waals surface area contributed by atoms with Crippen molar-refractivity contribution in [3.63, 3.8) is 0 Å². The van der Waals surface area contributed by atoms with E-state index in [4.69, 9.17) is 4.74 Å². The molecule has 3 nitrogen and oxygen atoms in total. The van der Waals surface area contributed by atoms with Crippen molar-refractivity contribution in [2.45, 2.75) is 6.42 Å². The van der Waals surface area contributed by atoms with Gasteiger partial charge in [0.1, 0.15) is 5.75 Å². The minimum absolute atomic E-state index is 0.107. The fraction of sp³-hybridized carbons (Fsp3) is 0.364. The number of ether oxygens (including phenoxy) is 1. The summed E-state index contributed by atoms with van der Waals surface area (Å²) in [5, 5.41) is 0. The Morgan fingerprint density at radius 3 is 2.79 bits per heavy atom. The van der Waals surface area contributed by atoms with E-state index in [1.165, 1.54) is 0 Å². The lowest BCUT2D eigenvalue weighted by Gasteiger charge is -2.30. The molecule has 0 spiro atoms. The summed E-state index contributed by atoms with van der Waals surface area (Å²) in [4.78, 5) is 13.6. The molecular weight excluding hydrogens is 178 g/mol. The zero-order valence-corrected chi connectivity index (χ0v) is 8.19. The molecule has 0 N–H and O–H groups in total. The number of carbonyl (C=O) groups is 1. The summed E-state index contributed by atoms with van der Waals surface area (Å²) >= 11 is 0. The van der Waals surface area contributed by atoms with Crippen LogP contribution in [-0.2, 0) is 0 Å². The van der Waals surface area contributed by atoms with Crippen molar-refractivity contribution in [3.05, 3.63) is 29.8 Å². The molecule has 14 heavy (non-hydrogen) atoms. The second kappa shape index (κ2) is 3.70. The number of amides is 1. The fourth-order valence-electron chi connectivity index (χ4n) is 1.46. The summed E-state index contributed by atoms with van der Waals surface area (Å²) in [6.45, 7) is 1.77. The summed E-state index contributed by atoms with van der Waals surface area (Å²) in [6, 6.07) is 7.28. The highest BCUT2D eigenvalue weighted by Crippen LogP contribution is 2.17. The van der Waals surface area contributed by atoms with Crippen molar-refractivity contribution < 1.29 is 9.53 Å². The van der Waals surface area contributed by atoms with Gasteiger partial charge in [-0.2, -0.15) is 0 Å². The average Bonchev–Trinajstić information content (AvgIpc) is 2.15. The maximum atomic E-state index is 11.8. The Morgan fingerprint density at radius 2 is 2.21 bits per heavy atom. The molecule has 1 aliphatic heterocycles. The third-order valence-electron chi connectivity index (χ3n) is 2.46. The summed E-state index contributed by atoms with van der Waals surface area (Å²) in [7, 11) is 1.60. The lowest BCUT2D eigenvalue weighted by atomic mass is 10.1. The van der Waals surface area contributed by atoms with E-state index in [9.17, 15) is 4.79 Å². The molecule has 0 radical (unpaired) electrons. The van der Waals surface area contributed by atoms with E-state index in [0.29, 0.717) is 5.56 Å². The number of rotatable bonds is 2. The number of methoxy groups -OCH3 is 1. The third-order valence-corrected chi connectivity index (χ3v) is 2.46. The molecule has 0 bridgehead atoms. The van der Waals surface area contributed by atoms with Crippen LogP contribution >= 0.6 is 0 Å². The zero-order chi connectivity index (χ0) is 9.97. The first-order chi connectivity index (χ1) is 6.81. The van der Waals surface area contributed by atoms with Gasteiger partial charge in [0.05, 0.1) is 7.11 Å². The maximum Gasteiger partial charge on any atom is 0.253 e. The van der Waals surface area contributed by atoms with Crippen LogP contribution in [-0.4, -0.2) is 31.0 Å². The molecule has 1 aliphatic rings. The lowest BCUT2D eigenvalue weighted by molar-refractivity contribution is 0.0651. The van der Waals surface area contributed by atoms with Crippen molar-refractivity contribution in [2.24, 2.45) is 0 Å². The van der Waals surface area contributed by atoms with E-state index >= 15 is 0 Å². The summed E-state index contributed by atoms with van der Waals surface area (Å²) in [5.74, 6) is 0.839. The smallest absolute Gasteiger partial charge is 0.253 e. The molecule has 3 heteroatoms. The summed E-state index contributed by atoms with van der Waals surface area (Å²) < 4.78 is 5.07. The van der Waals surface area contributed by atoms with Gasteiger partial charge in [-0.15, -0.1) is 0 Å². The van der Waals surface area contributed by atoms with E-state index in [-0.39, 0.29) is 5.91 Å². The van der Waals surface area contributed by atoms with E-state index in [2.05, 4.69) is 0 Å². The largest absolute Gasteiger partial charge is 0.497 e. The number of likely N-dealkylation sites (tertiary alicyclic amines) is 1. The van der Waals surface area contributed by atoms with Crippen molar-refractivity contribution >= 4 is 5.91 Å². The topological polar surface area (TPSA) is 29.5 Å². The van der Waals surface area contributed by atoms with Crippen LogP contribution < -0.4 is 4.74 Å². The van der Waals surface area contributed by atoms with Crippen LogP contribution in [0.5, 0.6) is 5.75 Å². The van der Waals surface area contributed by atoms with Gasteiger partial charge < -0.3 is 9.64 Å². The molecule has 1 fully saturated rings. The second-order valence-electron chi connectivity index (χ2n) is 3.38. The number of nitrogens with zero attached hydrogens (tertiary/aromatic N) is 1. The van der Waals surface area contributed by atoms with E-state index in [0.717, 1.165) is 25.3 Å². The molecule has 1 heterocycles. The Balaban J connectivity index is 2.18. The normalized spacial score (nSPS) is 14.8. The average molecular weight is 191 g/mol. The summed E-state index contributed by atoms with van der Waals surface area (Å²) in [5.41, 5.74) is 0.712. The van der Waals surface area contributed by atoms with Gasteiger partial charge in [-0.1, -0.05) is 6.07 Å². The fourth-order valence-corrected chi connectivity index (χ4v) is 1.46. The highest BCUT2D eigenvalue weighted by molar-refractivity contribution is 5.95. The molecule has 1 aromatic rings. The van der Waals surface area contributed by atoms with Crippen LogP contribution in [0.4, 0.5) is 0 Å². The minimum atomic E-state index is 0.107. The Morgan fingerprint density at radius 1 is 1.43 bits per heavy atom. The molecule has 0 atom stereocenters. The van der Waals surface area contributed by atoms with E-state index in [1.54, 1.807) is 13.2 Å². The van der Waals surface area contributed by atoms with Crippen LogP contribution in [0.25, 0.3) is 0 Å². The maximum absolute atomic E-state index is 11.8. The quantitative estimate of drug-likeness (QED) is 0.709. The van der Waals surface area contributed by atoms with Crippen LogP contribution in [0.2, 0.25) is 0 Å². The Labute approximate surface area is 83.3 Å². The van der Waals surface area contributed by atoms with E-state index in [1.807, 2.05) is 23.1 Å². The Bertz CT molecular complexity index is 345. The SMILES string of the molecule is COc1cccc(C(=O)N2CCC2)c1. The first-order valence-electron chi connectivity index (χ1n) is 4.74. The van der Waals surface area contributed by atoms with Crippen molar-refractivity contribution in [1.29, 1.82) is 0 Å². The minimum Gasteiger partial charge on any atom is -0.497 e. The highest BCUT2D eigenvalue weighted by Gasteiger charge is 2.21. The van der Waals surface area contributed by atoms with Gasteiger partial charge in [0.2, 0.25) is 0 Å². The van der Waals surface area contributed by atoms with Crippen molar-refractivity contribution in [2.75, 3.05) is 20.2 Å². The second-order valence-corrected chi connectivity index (χ2v) is 3.38. The molecule has 1 aromatic carbocycles. The predicted molar refractivity (Wildman–Crippen MR) is 53.5 cm³/mol. The van der Waals surface area contributed by atoms with Gasteiger partial charge in [-0.05, 0) is 24.6 Å². The monoisotopic (exact) mass is 191 g/mol. The molecule has 1 amide bonds. The van der Waals surface area contributed by atoms with Gasteiger partial charge in [0.25, 0.3) is 5.91 Å². The van der Waals surface area contributed by atoms with Gasteiger partial charge >= 0.3 is 0 Å². The number of carbonyl (C=O) groups excluding carboxylic acids is 1. The van der Waals surface area contributed by atoms with E-state index < -0.39 is 0 Å². The molecule has 0 saturated carbocycles. The molecule has 0 aromatic heterocycles. The number of benzene rings is 1. The molecule has 74 valence electrons. The number of hydrogen-bond acceptors (Lipinski definition) is 2. The Hall–Kier alpha value is -1.51. The first kappa shape index (κ1) is 9.06. The van der Waals surface area contributed by atoms with Gasteiger partial charge in [-0.3, -0.25) is 4.79 Å². The van der Waals surface area contributed by atoms with Gasteiger partial charge in [0, 0.05) is 18.7 Å². The molecule has 0 unspecified atom stereocenters. The standard InChI is InChI=1S/C11H13NO2/c1-14-10-5-2-4-9(8-10)11(13)12-6-3-7-12/h2,4-5,8H,3,6-7H2,1H3. The lowest BCUT2D eigenvalue weighted by Crippen LogP contribution is -2.41. The highest BCUT2D eigenvalue weighted by atomic mass is 16.5. The third kappa shape index (κ3) is 1.58. The summed E-state index contributed by atoms with van der Waals surface area (Å²) in [6.07, 6.45) is 1.12. The van der Waals surface area contributed by atoms with Crippen molar-refractivity contribution in [3.8, 4) is 5.75 Å². The Kier molecular flexibility index (Phi) is 2.39. The molecule has 2 rings (SSSR count).